The molecule has 2 heterocycles. The minimum atomic E-state index is 0.597. The zero-order valence-corrected chi connectivity index (χ0v) is 19.7. The van der Waals surface area contributed by atoms with E-state index in [4.69, 9.17) is 14.2 Å². The van der Waals surface area contributed by atoms with Gasteiger partial charge in [-0.25, -0.2) is 0 Å². The van der Waals surface area contributed by atoms with Crippen molar-refractivity contribution in [3.63, 3.8) is 0 Å². The van der Waals surface area contributed by atoms with Gasteiger partial charge in [0.05, 0.1) is 27.0 Å². The average molecular weight is 440 g/mol. The highest BCUT2D eigenvalue weighted by Gasteiger charge is 2.23. The molecule has 0 radical (unpaired) electrons. The van der Waals surface area contributed by atoms with Crippen molar-refractivity contribution in [3.05, 3.63) is 36.0 Å². The maximum Gasteiger partial charge on any atom is 0.203 e. The molecule has 1 aromatic carbocycles. The summed E-state index contributed by atoms with van der Waals surface area (Å²) >= 11 is 0. The number of nitrogens with one attached hydrogen (secondary N) is 1. The molecule has 1 saturated carbocycles. The van der Waals surface area contributed by atoms with E-state index in [1.807, 2.05) is 18.3 Å². The van der Waals surface area contributed by atoms with Crippen LogP contribution in [0.4, 0.5) is 0 Å². The van der Waals surface area contributed by atoms with Gasteiger partial charge in [0.1, 0.15) is 0 Å². The molecule has 4 rings (SSSR count). The van der Waals surface area contributed by atoms with E-state index in [2.05, 4.69) is 27.3 Å². The van der Waals surface area contributed by atoms with Crippen LogP contribution >= 0.6 is 0 Å². The first-order valence-corrected chi connectivity index (χ1v) is 11.9. The van der Waals surface area contributed by atoms with Crippen molar-refractivity contribution < 1.29 is 14.2 Å². The summed E-state index contributed by atoms with van der Waals surface area (Å²) in [4.78, 5) is 7.17. The third-order valence-electron chi connectivity index (χ3n) is 6.86. The average Bonchev–Trinajstić information content (AvgIpc) is 2.85. The number of benzene rings is 1. The van der Waals surface area contributed by atoms with E-state index >= 15 is 0 Å². The van der Waals surface area contributed by atoms with Crippen LogP contribution in [-0.4, -0.2) is 56.4 Å². The summed E-state index contributed by atoms with van der Waals surface area (Å²) in [5, 5.41) is 3.93. The number of aromatic nitrogens is 1. The summed E-state index contributed by atoms with van der Waals surface area (Å²) in [6.07, 6.45) is 11.3. The highest BCUT2D eigenvalue weighted by atomic mass is 16.5. The lowest BCUT2D eigenvalue weighted by molar-refractivity contribution is 0.178. The molecule has 1 aromatic heterocycles. The van der Waals surface area contributed by atoms with Crippen LogP contribution in [-0.2, 0) is 6.54 Å². The quantitative estimate of drug-likeness (QED) is 0.646. The molecule has 1 saturated heterocycles. The molecule has 0 atom stereocenters. The van der Waals surface area contributed by atoms with E-state index in [9.17, 15) is 0 Å². The number of nitrogens with zero attached hydrogens (tertiary/aromatic N) is 2. The van der Waals surface area contributed by atoms with Gasteiger partial charge < -0.3 is 19.5 Å². The number of likely N-dealkylation sites (tertiary alicyclic amines) is 1. The van der Waals surface area contributed by atoms with E-state index in [0.717, 1.165) is 36.9 Å². The van der Waals surface area contributed by atoms with Crippen LogP contribution in [0, 0.1) is 0 Å². The Morgan fingerprint density at radius 3 is 2.16 bits per heavy atom. The fourth-order valence-corrected chi connectivity index (χ4v) is 5.08. The molecule has 0 amide bonds. The minimum Gasteiger partial charge on any atom is -0.493 e. The summed E-state index contributed by atoms with van der Waals surface area (Å²) in [5.41, 5.74) is 3.15. The Morgan fingerprint density at radius 1 is 0.875 bits per heavy atom. The molecule has 2 aromatic rings. The van der Waals surface area contributed by atoms with Crippen molar-refractivity contribution in [1.82, 2.24) is 15.2 Å². The van der Waals surface area contributed by atoms with Crippen LogP contribution in [0.1, 0.15) is 50.5 Å². The standard InChI is InChI=1S/C26H37N3O3/c1-30-24-16-20(17-25(31-2)26(24)32-3)23-15-19(9-12-27-23)18-29-13-10-22(11-14-29)28-21-7-5-4-6-8-21/h9,12,15-17,21-22,28H,4-8,10-11,13-14,18H2,1-3H3. The van der Waals surface area contributed by atoms with Crippen LogP contribution in [0.15, 0.2) is 30.5 Å². The number of rotatable bonds is 8. The molecular formula is C26H37N3O3. The van der Waals surface area contributed by atoms with Gasteiger partial charge in [-0.3, -0.25) is 9.88 Å². The second kappa shape index (κ2) is 11.0. The smallest absolute Gasteiger partial charge is 0.203 e. The van der Waals surface area contributed by atoms with Crippen LogP contribution in [0.25, 0.3) is 11.3 Å². The number of methoxy groups -OCH3 is 3. The molecule has 0 bridgehead atoms. The Morgan fingerprint density at radius 2 is 1.53 bits per heavy atom. The first-order valence-electron chi connectivity index (χ1n) is 11.9. The number of ether oxygens (including phenoxy) is 3. The number of hydrogen-bond donors (Lipinski definition) is 1. The SMILES string of the molecule is COc1cc(-c2cc(CN3CCC(NC4CCCCC4)CC3)ccn2)cc(OC)c1OC. The van der Waals surface area contributed by atoms with Gasteiger partial charge in [-0.15, -0.1) is 0 Å². The lowest BCUT2D eigenvalue weighted by Crippen LogP contribution is -2.46. The third-order valence-corrected chi connectivity index (χ3v) is 6.86. The molecule has 32 heavy (non-hydrogen) atoms. The van der Waals surface area contributed by atoms with Gasteiger partial charge >= 0.3 is 0 Å². The van der Waals surface area contributed by atoms with Gasteiger partial charge in [0, 0.05) is 30.4 Å². The zero-order valence-electron chi connectivity index (χ0n) is 19.7. The monoisotopic (exact) mass is 439 g/mol. The van der Waals surface area contributed by atoms with Crippen molar-refractivity contribution in [2.75, 3.05) is 34.4 Å². The topological polar surface area (TPSA) is 55.9 Å². The van der Waals surface area contributed by atoms with E-state index in [0.29, 0.717) is 23.3 Å². The fourth-order valence-electron chi connectivity index (χ4n) is 5.08. The Balaban J connectivity index is 1.39. The zero-order chi connectivity index (χ0) is 22.3. The van der Waals surface area contributed by atoms with E-state index in [1.54, 1.807) is 21.3 Å². The normalized spacial score (nSPS) is 18.5. The van der Waals surface area contributed by atoms with Gasteiger partial charge in [0.25, 0.3) is 0 Å². The second-order valence-electron chi connectivity index (χ2n) is 9.02. The van der Waals surface area contributed by atoms with Crippen molar-refractivity contribution in [3.8, 4) is 28.5 Å². The highest BCUT2D eigenvalue weighted by molar-refractivity contribution is 5.69. The highest BCUT2D eigenvalue weighted by Crippen LogP contribution is 2.40. The summed E-state index contributed by atoms with van der Waals surface area (Å²) in [5.74, 6) is 1.88. The van der Waals surface area contributed by atoms with Gasteiger partial charge in [0.2, 0.25) is 5.75 Å². The van der Waals surface area contributed by atoms with Gasteiger partial charge in [-0.2, -0.15) is 0 Å². The Labute approximate surface area is 192 Å². The molecule has 6 nitrogen and oxygen atoms in total. The molecule has 1 N–H and O–H groups in total. The van der Waals surface area contributed by atoms with Gasteiger partial charge in [0.15, 0.2) is 11.5 Å². The van der Waals surface area contributed by atoms with Crippen molar-refractivity contribution in [2.24, 2.45) is 0 Å². The van der Waals surface area contributed by atoms with Crippen molar-refractivity contribution in [1.29, 1.82) is 0 Å². The summed E-state index contributed by atoms with van der Waals surface area (Å²) < 4.78 is 16.5. The molecule has 1 aliphatic carbocycles. The van der Waals surface area contributed by atoms with Crippen molar-refractivity contribution >= 4 is 0 Å². The van der Waals surface area contributed by atoms with Crippen molar-refractivity contribution in [2.45, 2.75) is 63.6 Å². The lowest BCUT2D eigenvalue weighted by atomic mass is 9.93. The van der Waals surface area contributed by atoms with E-state index in [-0.39, 0.29) is 0 Å². The molecule has 6 heteroatoms. The minimum absolute atomic E-state index is 0.597. The maximum atomic E-state index is 5.51. The second-order valence-corrected chi connectivity index (χ2v) is 9.02. The first kappa shape index (κ1) is 22.9. The molecule has 0 unspecified atom stereocenters. The molecule has 174 valence electrons. The van der Waals surface area contributed by atoms with E-state index in [1.165, 1.54) is 50.5 Å². The van der Waals surface area contributed by atoms with Crippen LogP contribution < -0.4 is 19.5 Å². The lowest BCUT2D eigenvalue weighted by Gasteiger charge is -2.35. The first-order chi connectivity index (χ1) is 15.7. The number of hydrogen-bond acceptors (Lipinski definition) is 6. The molecule has 2 fully saturated rings. The summed E-state index contributed by atoms with van der Waals surface area (Å²) in [6, 6.07) is 9.63. The molecule has 1 aliphatic heterocycles. The Kier molecular flexibility index (Phi) is 7.87. The Hall–Kier alpha value is -2.31. The van der Waals surface area contributed by atoms with Crippen LogP contribution in [0.5, 0.6) is 17.2 Å². The molecular weight excluding hydrogens is 402 g/mol. The Bertz CT molecular complexity index is 849. The summed E-state index contributed by atoms with van der Waals surface area (Å²) in [7, 11) is 4.89. The fraction of sp³-hybridized carbons (Fsp3) is 0.577. The van der Waals surface area contributed by atoms with Crippen LogP contribution in [0.3, 0.4) is 0 Å². The molecule has 2 aliphatic rings. The third kappa shape index (κ3) is 5.54. The summed E-state index contributed by atoms with van der Waals surface area (Å²) in [6.45, 7) is 3.24. The predicted molar refractivity (Wildman–Crippen MR) is 128 cm³/mol. The predicted octanol–water partition coefficient (Wildman–Crippen LogP) is 4.66. The van der Waals surface area contributed by atoms with Crippen LogP contribution in [0.2, 0.25) is 0 Å². The van der Waals surface area contributed by atoms with Gasteiger partial charge in [-0.05, 0) is 68.6 Å². The number of piperidine rings is 1. The van der Waals surface area contributed by atoms with E-state index < -0.39 is 0 Å². The largest absolute Gasteiger partial charge is 0.493 e. The molecule has 0 spiro atoms. The number of pyridine rings is 1. The maximum absolute atomic E-state index is 5.51. The van der Waals surface area contributed by atoms with Gasteiger partial charge in [-0.1, -0.05) is 19.3 Å².